The van der Waals surface area contributed by atoms with Gasteiger partial charge in [0.15, 0.2) is 0 Å². The second-order valence-corrected chi connectivity index (χ2v) is 4.26. The molecule has 13 heavy (non-hydrogen) atoms. The molecule has 0 radical (unpaired) electrons. The van der Waals surface area contributed by atoms with Crippen molar-refractivity contribution in [2.45, 2.75) is 43.9 Å². The number of hydrogen-bond donors (Lipinski definition) is 0. The molecule has 0 heterocycles. The summed E-state index contributed by atoms with van der Waals surface area (Å²) in [6.07, 6.45) is 7.14. The number of carbonyl (C=O) groups excluding carboxylic acids is 1. The monoisotopic (exact) mass is 204 g/mol. The van der Waals surface area contributed by atoms with E-state index in [9.17, 15) is 4.79 Å². The Bertz CT molecular complexity index is 164. The maximum atomic E-state index is 11.0. The molecule has 1 unspecified atom stereocenters. The highest BCUT2D eigenvalue weighted by Crippen LogP contribution is 2.28. The smallest absolute Gasteiger partial charge is 0.323 e. The number of alkyl halides is 1. The summed E-state index contributed by atoms with van der Waals surface area (Å²) in [5, 5.41) is -0.437. The third kappa shape index (κ3) is 3.55. The molecule has 0 amide bonds. The second-order valence-electron chi connectivity index (χ2n) is 3.73. The average Bonchev–Trinajstić information content (AvgIpc) is 2.18. The molecule has 1 atom stereocenters. The van der Waals surface area contributed by atoms with Crippen molar-refractivity contribution < 1.29 is 9.53 Å². The Kier molecular flexibility index (Phi) is 4.57. The van der Waals surface area contributed by atoms with Crippen LogP contribution in [0.2, 0.25) is 0 Å². The van der Waals surface area contributed by atoms with Crippen molar-refractivity contribution in [3.05, 3.63) is 0 Å². The van der Waals surface area contributed by atoms with Crippen molar-refractivity contribution >= 4 is 17.6 Å². The van der Waals surface area contributed by atoms with Crippen molar-refractivity contribution in [3.8, 4) is 0 Å². The van der Waals surface area contributed by atoms with Gasteiger partial charge in [-0.2, -0.15) is 0 Å². The Hall–Kier alpha value is -0.240. The Morgan fingerprint density at radius 1 is 1.46 bits per heavy atom. The third-order valence-corrected chi connectivity index (χ3v) is 3.08. The molecule has 3 heteroatoms. The lowest BCUT2D eigenvalue weighted by Crippen LogP contribution is -2.21. The first-order valence-corrected chi connectivity index (χ1v) is 5.39. The molecule has 0 aliphatic heterocycles. The lowest BCUT2D eigenvalue weighted by Gasteiger charge is -2.22. The van der Waals surface area contributed by atoms with Gasteiger partial charge in [-0.15, -0.1) is 11.6 Å². The molecule has 2 nitrogen and oxygen atoms in total. The molecule has 0 saturated heterocycles. The summed E-state index contributed by atoms with van der Waals surface area (Å²) in [4.78, 5) is 11.0. The van der Waals surface area contributed by atoms with Crippen LogP contribution in [0.25, 0.3) is 0 Å². The Morgan fingerprint density at radius 3 is 2.62 bits per heavy atom. The lowest BCUT2D eigenvalue weighted by atomic mass is 9.86. The molecule has 0 spiro atoms. The highest BCUT2D eigenvalue weighted by atomic mass is 35.5. The minimum atomic E-state index is -0.437. The van der Waals surface area contributed by atoms with Crippen LogP contribution in [0.5, 0.6) is 0 Å². The average molecular weight is 205 g/mol. The normalized spacial score (nSPS) is 21.1. The van der Waals surface area contributed by atoms with Crippen molar-refractivity contribution in [2.24, 2.45) is 5.92 Å². The topological polar surface area (TPSA) is 26.3 Å². The van der Waals surface area contributed by atoms with Gasteiger partial charge in [0.05, 0.1) is 7.11 Å². The van der Waals surface area contributed by atoms with Crippen LogP contribution in [0.15, 0.2) is 0 Å². The molecule has 1 aliphatic carbocycles. The van der Waals surface area contributed by atoms with E-state index in [1.165, 1.54) is 39.2 Å². The van der Waals surface area contributed by atoms with Crippen LogP contribution in [-0.2, 0) is 9.53 Å². The fourth-order valence-corrected chi connectivity index (χ4v) is 2.28. The summed E-state index contributed by atoms with van der Waals surface area (Å²) in [5.74, 6) is 0.350. The zero-order chi connectivity index (χ0) is 9.68. The number of carbonyl (C=O) groups is 1. The quantitative estimate of drug-likeness (QED) is 0.522. The van der Waals surface area contributed by atoms with E-state index in [4.69, 9.17) is 11.6 Å². The summed E-state index contributed by atoms with van der Waals surface area (Å²) in [7, 11) is 1.39. The Balaban J connectivity index is 2.25. The SMILES string of the molecule is COC(=O)C(Cl)CC1CCCCC1. The standard InChI is InChI=1S/C10H17ClO2/c1-13-10(12)9(11)7-8-5-3-2-4-6-8/h8-9H,2-7H2,1H3. The largest absolute Gasteiger partial charge is 0.468 e. The van der Waals surface area contributed by atoms with E-state index < -0.39 is 5.38 Å². The molecule has 0 N–H and O–H groups in total. The van der Waals surface area contributed by atoms with Gasteiger partial charge in [0.2, 0.25) is 0 Å². The zero-order valence-electron chi connectivity index (χ0n) is 8.09. The fraction of sp³-hybridized carbons (Fsp3) is 0.900. The van der Waals surface area contributed by atoms with Crippen LogP contribution in [0.1, 0.15) is 38.5 Å². The third-order valence-electron chi connectivity index (χ3n) is 2.72. The Labute approximate surface area is 84.6 Å². The van der Waals surface area contributed by atoms with Crippen molar-refractivity contribution in [3.63, 3.8) is 0 Å². The van der Waals surface area contributed by atoms with Crippen LogP contribution in [0.4, 0.5) is 0 Å². The van der Waals surface area contributed by atoms with E-state index in [-0.39, 0.29) is 5.97 Å². The summed E-state index contributed by atoms with van der Waals surface area (Å²) in [6, 6.07) is 0. The number of esters is 1. The maximum absolute atomic E-state index is 11.0. The number of halogens is 1. The van der Waals surface area contributed by atoms with Crippen LogP contribution in [0.3, 0.4) is 0 Å². The van der Waals surface area contributed by atoms with Crippen molar-refractivity contribution in [1.82, 2.24) is 0 Å². The zero-order valence-corrected chi connectivity index (χ0v) is 8.85. The predicted molar refractivity (Wildman–Crippen MR) is 52.8 cm³/mol. The van der Waals surface area contributed by atoms with E-state index >= 15 is 0 Å². The van der Waals surface area contributed by atoms with Crippen LogP contribution < -0.4 is 0 Å². The first-order valence-electron chi connectivity index (χ1n) is 4.96. The number of rotatable bonds is 3. The molecule has 1 rings (SSSR count). The lowest BCUT2D eigenvalue weighted by molar-refractivity contribution is -0.140. The van der Waals surface area contributed by atoms with Crippen molar-refractivity contribution in [2.75, 3.05) is 7.11 Å². The maximum Gasteiger partial charge on any atom is 0.323 e. The highest BCUT2D eigenvalue weighted by Gasteiger charge is 2.22. The van der Waals surface area contributed by atoms with E-state index in [1.54, 1.807) is 0 Å². The first kappa shape index (κ1) is 10.8. The second kappa shape index (κ2) is 5.48. The van der Waals surface area contributed by atoms with Gasteiger partial charge in [-0.1, -0.05) is 32.1 Å². The molecular weight excluding hydrogens is 188 g/mol. The first-order chi connectivity index (χ1) is 6.24. The summed E-state index contributed by atoms with van der Waals surface area (Å²) in [6.45, 7) is 0. The van der Waals surface area contributed by atoms with E-state index in [2.05, 4.69) is 4.74 Å². The van der Waals surface area contributed by atoms with E-state index in [0.29, 0.717) is 5.92 Å². The number of methoxy groups -OCH3 is 1. The highest BCUT2D eigenvalue weighted by molar-refractivity contribution is 6.29. The fourth-order valence-electron chi connectivity index (χ4n) is 1.94. The van der Waals surface area contributed by atoms with Gasteiger partial charge < -0.3 is 4.74 Å². The molecule has 1 saturated carbocycles. The van der Waals surface area contributed by atoms with Gasteiger partial charge >= 0.3 is 5.97 Å². The predicted octanol–water partition coefficient (Wildman–Crippen LogP) is 2.74. The molecule has 0 aromatic rings. The van der Waals surface area contributed by atoms with Gasteiger partial charge in [-0.25, -0.2) is 0 Å². The van der Waals surface area contributed by atoms with Gasteiger partial charge in [-0.05, 0) is 12.3 Å². The molecule has 1 aliphatic rings. The van der Waals surface area contributed by atoms with Crippen LogP contribution in [-0.4, -0.2) is 18.5 Å². The molecular formula is C10H17ClO2. The molecule has 0 aromatic carbocycles. The number of hydrogen-bond acceptors (Lipinski definition) is 2. The van der Waals surface area contributed by atoms with Gasteiger partial charge in [0.25, 0.3) is 0 Å². The summed E-state index contributed by atoms with van der Waals surface area (Å²) >= 11 is 5.89. The Morgan fingerprint density at radius 2 is 2.08 bits per heavy atom. The van der Waals surface area contributed by atoms with Crippen LogP contribution in [0, 0.1) is 5.92 Å². The number of ether oxygens (including phenoxy) is 1. The van der Waals surface area contributed by atoms with Crippen LogP contribution >= 0.6 is 11.6 Å². The summed E-state index contributed by atoms with van der Waals surface area (Å²) < 4.78 is 4.58. The van der Waals surface area contributed by atoms with E-state index in [1.807, 2.05) is 0 Å². The van der Waals surface area contributed by atoms with Crippen molar-refractivity contribution in [1.29, 1.82) is 0 Å². The van der Waals surface area contributed by atoms with E-state index in [0.717, 1.165) is 6.42 Å². The van der Waals surface area contributed by atoms with Gasteiger partial charge in [0.1, 0.15) is 5.38 Å². The van der Waals surface area contributed by atoms with Gasteiger partial charge in [-0.3, -0.25) is 4.79 Å². The van der Waals surface area contributed by atoms with Gasteiger partial charge in [0, 0.05) is 0 Å². The molecule has 1 fully saturated rings. The molecule has 0 bridgehead atoms. The molecule has 0 aromatic heterocycles. The minimum absolute atomic E-state index is 0.285. The molecule has 76 valence electrons. The summed E-state index contributed by atoms with van der Waals surface area (Å²) in [5.41, 5.74) is 0. The minimum Gasteiger partial charge on any atom is -0.468 e.